The number of piperazine rings is 1. The highest BCUT2D eigenvalue weighted by Crippen LogP contribution is 2.16. The topological polar surface area (TPSA) is 86.8 Å². The van der Waals surface area contributed by atoms with E-state index in [1.165, 1.54) is 9.80 Å². The third-order valence-electron chi connectivity index (χ3n) is 3.65. The number of hydrogen-bond donors (Lipinski definition) is 1. The molecular weight excluding hydrogens is 262 g/mol. The Balaban J connectivity index is 2.00. The van der Waals surface area contributed by atoms with Gasteiger partial charge in [0, 0.05) is 25.4 Å². The number of nitrogens with one attached hydrogen (secondary N) is 1. The summed E-state index contributed by atoms with van der Waals surface area (Å²) in [5.74, 6) is -1.16. The van der Waals surface area contributed by atoms with Gasteiger partial charge in [0.1, 0.15) is 6.04 Å². The molecule has 0 aliphatic carbocycles. The predicted molar refractivity (Wildman–Crippen MR) is 69.3 cm³/mol. The van der Waals surface area contributed by atoms with Crippen LogP contribution in [0.3, 0.4) is 0 Å². The van der Waals surface area contributed by atoms with Gasteiger partial charge in [0.05, 0.1) is 6.54 Å². The molecule has 2 saturated heterocycles. The molecule has 0 radical (unpaired) electrons. The van der Waals surface area contributed by atoms with Crippen LogP contribution in [-0.4, -0.2) is 59.1 Å². The molecular formula is C13H19N3O4. The minimum Gasteiger partial charge on any atom is -0.331 e. The molecule has 1 N–H and O–H groups in total. The molecule has 0 aromatic carbocycles. The Morgan fingerprint density at radius 3 is 2.50 bits per heavy atom. The van der Waals surface area contributed by atoms with E-state index >= 15 is 0 Å². The third kappa shape index (κ3) is 2.81. The van der Waals surface area contributed by atoms with E-state index in [-0.39, 0.29) is 36.6 Å². The summed E-state index contributed by atoms with van der Waals surface area (Å²) in [4.78, 5) is 49.9. The zero-order valence-electron chi connectivity index (χ0n) is 11.7. The van der Waals surface area contributed by atoms with Crippen LogP contribution in [0.2, 0.25) is 0 Å². The van der Waals surface area contributed by atoms with Crippen molar-refractivity contribution in [3.63, 3.8) is 0 Å². The molecule has 0 aromatic heterocycles. The van der Waals surface area contributed by atoms with E-state index in [9.17, 15) is 19.2 Å². The van der Waals surface area contributed by atoms with Crippen molar-refractivity contribution in [3.05, 3.63) is 0 Å². The summed E-state index contributed by atoms with van der Waals surface area (Å²) in [6.07, 6.45) is 0.601. The zero-order chi connectivity index (χ0) is 14.9. The number of amides is 4. The summed E-state index contributed by atoms with van der Waals surface area (Å²) < 4.78 is 0. The van der Waals surface area contributed by atoms with Crippen molar-refractivity contribution in [2.75, 3.05) is 19.6 Å². The smallest absolute Gasteiger partial charge is 0.249 e. The summed E-state index contributed by atoms with van der Waals surface area (Å²) in [5, 5.41) is 2.25. The second-order valence-electron chi connectivity index (χ2n) is 5.47. The highest BCUT2D eigenvalue weighted by molar-refractivity contribution is 6.02. The van der Waals surface area contributed by atoms with Crippen molar-refractivity contribution in [3.8, 4) is 0 Å². The molecule has 4 amide bonds. The van der Waals surface area contributed by atoms with Crippen molar-refractivity contribution in [1.29, 1.82) is 0 Å². The minimum absolute atomic E-state index is 0.00867. The largest absolute Gasteiger partial charge is 0.331 e. The maximum atomic E-state index is 12.1. The quantitative estimate of drug-likeness (QED) is 0.666. The number of carbonyl (C=O) groups excluding carboxylic acids is 4. The van der Waals surface area contributed by atoms with Gasteiger partial charge in [0.25, 0.3) is 0 Å². The van der Waals surface area contributed by atoms with E-state index in [0.717, 1.165) is 0 Å². The van der Waals surface area contributed by atoms with Crippen LogP contribution in [0, 0.1) is 5.92 Å². The van der Waals surface area contributed by atoms with Crippen LogP contribution < -0.4 is 5.32 Å². The second-order valence-corrected chi connectivity index (χ2v) is 5.47. The van der Waals surface area contributed by atoms with E-state index in [2.05, 4.69) is 5.32 Å². The average Bonchev–Trinajstić information content (AvgIpc) is 2.38. The van der Waals surface area contributed by atoms with Crippen LogP contribution in [0.1, 0.15) is 26.7 Å². The Labute approximate surface area is 117 Å². The molecule has 2 fully saturated rings. The molecule has 20 heavy (non-hydrogen) atoms. The maximum Gasteiger partial charge on any atom is 0.249 e. The summed E-state index contributed by atoms with van der Waals surface area (Å²) in [6.45, 7) is 4.36. The highest BCUT2D eigenvalue weighted by atomic mass is 16.2. The lowest BCUT2D eigenvalue weighted by atomic mass is 10.0. The summed E-state index contributed by atoms with van der Waals surface area (Å²) >= 11 is 0. The number of imide groups is 1. The lowest BCUT2D eigenvalue weighted by molar-refractivity contribution is -0.153. The molecule has 1 unspecified atom stereocenters. The van der Waals surface area contributed by atoms with Gasteiger partial charge in [-0.05, 0) is 6.42 Å². The Bertz CT molecular complexity index is 461. The second kappa shape index (κ2) is 5.60. The molecule has 2 rings (SSSR count). The summed E-state index contributed by atoms with van der Waals surface area (Å²) in [7, 11) is 0. The van der Waals surface area contributed by atoms with Gasteiger partial charge in [0.15, 0.2) is 0 Å². The lowest BCUT2D eigenvalue weighted by Gasteiger charge is -2.39. The Kier molecular flexibility index (Phi) is 4.06. The predicted octanol–water partition coefficient (Wildman–Crippen LogP) is -0.882. The van der Waals surface area contributed by atoms with Crippen LogP contribution in [0.5, 0.6) is 0 Å². The maximum absolute atomic E-state index is 12.1. The van der Waals surface area contributed by atoms with Gasteiger partial charge in [-0.3, -0.25) is 24.5 Å². The van der Waals surface area contributed by atoms with Gasteiger partial charge >= 0.3 is 0 Å². The first-order valence-corrected chi connectivity index (χ1v) is 6.82. The van der Waals surface area contributed by atoms with Crippen LogP contribution in [0.15, 0.2) is 0 Å². The lowest BCUT2D eigenvalue weighted by Crippen LogP contribution is -2.61. The van der Waals surface area contributed by atoms with Gasteiger partial charge in [-0.1, -0.05) is 13.8 Å². The Hall–Kier alpha value is -1.92. The monoisotopic (exact) mass is 281 g/mol. The Morgan fingerprint density at radius 1 is 1.25 bits per heavy atom. The molecule has 0 aromatic rings. The highest BCUT2D eigenvalue weighted by Gasteiger charge is 2.37. The fourth-order valence-corrected chi connectivity index (χ4v) is 2.55. The van der Waals surface area contributed by atoms with Crippen molar-refractivity contribution in [2.45, 2.75) is 32.7 Å². The molecule has 2 aliphatic heterocycles. The number of nitrogens with zero attached hydrogens (tertiary/aromatic N) is 2. The number of piperidine rings is 1. The average molecular weight is 281 g/mol. The van der Waals surface area contributed by atoms with Crippen LogP contribution >= 0.6 is 0 Å². The molecule has 0 saturated carbocycles. The molecule has 2 heterocycles. The van der Waals surface area contributed by atoms with Gasteiger partial charge in [0.2, 0.25) is 23.6 Å². The first-order chi connectivity index (χ1) is 9.40. The Morgan fingerprint density at radius 2 is 1.95 bits per heavy atom. The van der Waals surface area contributed by atoms with Crippen LogP contribution in [0.4, 0.5) is 0 Å². The third-order valence-corrected chi connectivity index (χ3v) is 3.65. The number of carbonyl (C=O) groups is 4. The van der Waals surface area contributed by atoms with Crippen molar-refractivity contribution in [1.82, 2.24) is 15.1 Å². The minimum atomic E-state index is -0.587. The van der Waals surface area contributed by atoms with Crippen molar-refractivity contribution < 1.29 is 19.2 Å². The normalized spacial score (nSPS) is 24.1. The fraction of sp³-hybridized carbons (Fsp3) is 0.692. The van der Waals surface area contributed by atoms with Crippen molar-refractivity contribution >= 4 is 23.6 Å². The molecule has 0 spiro atoms. The van der Waals surface area contributed by atoms with Crippen LogP contribution in [-0.2, 0) is 19.2 Å². The van der Waals surface area contributed by atoms with Gasteiger partial charge in [-0.15, -0.1) is 0 Å². The van der Waals surface area contributed by atoms with Crippen LogP contribution in [0.25, 0.3) is 0 Å². The summed E-state index contributed by atoms with van der Waals surface area (Å²) in [6, 6.07) is -0.587. The van der Waals surface area contributed by atoms with E-state index in [1.54, 1.807) is 13.8 Å². The van der Waals surface area contributed by atoms with Gasteiger partial charge in [-0.2, -0.15) is 0 Å². The zero-order valence-corrected chi connectivity index (χ0v) is 11.7. The molecule has 1 atom stereocenters. The SMILES string of the molecule is CC(C)C(=O)N1CCN(C2CCC(=O)NC2=O)C(=O)C1. The molecule has 7 heteroatoms. The van der Waals surface area contributed by atoms with E-state index < -0.39 is 11.9 Å². The van der Waals surface area contributed by atoms with E-state index in [4.69, 9.17) is 0 Å². The molecule has 0 bridgehead atoms. The first kappa shape index (κ1) is 14.5. The fourth-order valence-electron chi connectivity index (χ4n) is 2.55. The number of hydrogen-bond acceptors (Lipinski definition) is 4. The van der Waals surface area contributed by atoms with E-state index in [0.29, 0.717) is 19.5 Å². The van der Waals surface area contributed by atoms with Gasteiger partial charge in [-0.25, -0.2) is 0 Å². The standard InChI is InChI=1S/C13H19N3O4/c1-8(2)13(20)15-5-6-16(11(18)7-15)9-3-4-10(17)14-12(9)19/h8-9H,3-7H2,1-2H3,(H,14,17,19). The molecule has 2 aliphatic rings. The number of rotatable bonds is 2. The summed E-state index contributed by atoms with van der Waals surface area (Å²) in [5.41, 5.74) is 0. The first-order valence-electron chi connectivity index (χ1n) is 6.82. The molecule has 7 nitrogen and oxygen atoms in total. The molecule has 110 valence electrons. The van der Waals surface area contributed by atoms with Crippen molar-refractivity contribution in [2.24, 2.45) is 5.92 Å². The van der Waals surface area contributed by atoms with Gasteiger partial charge < -0.3 is 9.80 Å². The van der Waals surface area contributed by atoms with E-state index in [1.807, 2.05) is 0 Å².